The monoisotopic (exact) mass is 184 g/mol. The van der Waals surface area contributed by atoms with E-state index in [9.17, 15) is 9.59 Å². The molecule has 0 atom stereocenters. The molecule has 0 aromatic rings. The Hall–Kier alpha value is -1.84. The Labute approximate surface area is 76.5 Å². The molecule has 4 nitrogen and oxygen atoms in total. The number of carbonyl (C=O) groups is 2. The minimum absolute atomic E-state index is 0.558. The van der Waals surface area contributed by atoms with E-state index in [1.807, 2.05) is 6.92 Å². The quantitative estimate of drug-likeness (QED) is 0.514. The van der Waals surface area contributed by atoms with Crippen molar-refractivity contribution in [3.05, 3.63) is 37.0 Å². The molecule has 0 bridgehead atoms. The molecule has 0 saturated carbocycles. The summed E-state index contributed by atoms with van der Waals surface area (Å²) in [7, 11) is 0. The average molecular weight is 184 g/mol. The topological polar surface area (TPSA) is 74.6 Å². The maximum absolute atomic E-state index is 9.55. The largest absolute Gasteiger partial charge is 0.478 e. The number of hydrogen-bond acceptors (Lipinski definition) is 2. The zero-order valence-corrected chi connectivity index (χ0v) is 7.36. The van der Waals surface area contributed by atoms with E-state index in [0.29, 0.717) is 12.2 Å². The number of allylic oxidation sites excluding steroid dienone is 2. The average Bonchev–Trinajstić information content (AvgIpc) is 2.02. The molecule has 0 heterocycles. The van der Waals surface area contributed by atoms with Crippen LogP contribution in [-0.2, 0) is 9.59 Å². The molecule has 0 fully saturated rings. The summed E-state index contributed by atoms with van der Waals surface area (Å²) in [5.74, 6) is -2.51. The van der Waals surface area contributed by atoms with Crippen molar-refractivity contribution in [2.75, 3.05) is 0 Å². The van der Waals surface area contributed by atoms with Crippen molar-refractivity contribution in [2.24, 2.45) is 0 Å². The molecule has 0 rings (SSSR count). The lowest BCUT2D eigenvalue weighted by Gasteiger charge is -1.74. The highest BCUT2D eigenvalue weighted by atomic mass is 16.4. The van der Waals surface area contributed by atoms with Crippen LogP contribution in [0.15, 0.2) is 37.0 Å². The zero-order chi connectivity index (χ0) is 10.9. The molecule has 0 aliphatic rings. The summed E-state index contributed by atoms with van der Waals surface area (Å²) in [5, 5.41) is 15.6. The second-order valence-corrected chi connectivity index (χ2v) is 2.06. The molecule has 0 aliphatic heterocycles. The van der Waals surface area contributed by atoms with Gasteiger partial charge in [-0.15, -0.1) is 0 Å². The van der Waals surface area contributed by atoms with Crippen molar-refractivity contribution >= 4 is 11.9 Å². The maximum atomic E-state index is 9.55. The van der Waals surface area contributed by atoms with Gasteiger partial charge in [0.2, 0.25) is 0 Å². The first-order valence-electron chi connectivity index (χ1n) is 3.32. The lowest BCUT2D eigenvalue weighted by molar-refractivity contribution is -0.134. The van der Waals surface area contributed by atoms with Gasteiger partial charge in [0.25, 0.3) is 0 Å². The van der Waals surface area contributed by atoms with E-state index in [1.165, 1.54) is 0 Å². The highest BCUT2D eigenvalue weighted by molar-refractivity contribution is 5.89. The van der Waals surface area contributed by atoms with Crippen molar-refractivity contribution in [1.82, 2.24) is 0 Å². The van der Waals surface area contributed by atoms with Crippen LogP contribution in [0.1, 0.15) is 6.92 Å². The fraction of sp³-hybridized carbons (Fsp3) is 0.111. The van der Waals surface area contributed by atoms with Crippen LogP contribution in [0, 0.1) is 0 Å². The second-order valence-electron chi connectivity index (χ2n) is 2.06. The molecule has 2 N–H and O–H groups in total. The highest BCUT2D eigenvalue weighted by Gasteiger charge is 1.88. The summed E-state index contributed by atoms with van der Waals surface area (Å²) in [6.45, 7) is 8.93. The van der Waals surface area contributed by atoms with Crippen molar-refractivity contribution in [2.45, 2.75) is 6.92 Å². The van der Waals surface area contributed by atoms with Crippen LogP contribution >= 0.6 is 0 Å². The Morgan fingerprint density at radius 2 is 1.38 bits per heavy atom. The van der Waals surface area contributed by atoms with Gasteiger partial charge >= 0.3 is 11.9 Å². The molecule has 0 radical (unpaired) electrons. The van der Waals surface area contributed by atoms with Gasteiger partial charge in [-0.3, -0.25) is 0 Å². The van der Waals surface area contributed by atoms with Crippen LogP contribution in [0.4, 0.5) is 0 Å². The van der Waals surface area contributed by atoms with Crippen molar-refractivity contribution in [1.29, 1.82) is 0 Å². The molecule has 13 heavy (non-hydrogen) atoms. The van der Waals surface area contributed by atoms with Crippen LogP contribution in [0.2, 0.25) is 0 Å². The first-order chi connectivity index (χ1) is 5.90. The summed E-state index contributed by atoms with van der Waals surface area (Å²) in [4.78, 5) is 19.1. The number of carboxylic acids is 2. The van der Waals surface area contributed by atoms with Gasteiger partial charge in [0, 0.05) is 12.2 Å². The summed E-state index contributed by atoms with van der Waals surface area (Å²) < 4.78 is 0. The smallest absolute Gasteiger partial charge is 0.328 e. The number of aliphatic carboxylic acids is 2. The Bertz CT molecular complexity index is 222. The molecule has 0 spiro atoms. The van der Waals surface area contributed by atoms with Crippen molar-refractivity contribution in [3.63, 3.8) is 0 Å². The fourth-order valence-electron chi connectivity index (χ4n) is 0.143. The molecule has 72 valence electrons. The standard InChI is InChI=1S/C5H8.C4H4O4/c1-4-5(2)3;5-3(6)1-2-4(7)8/h4H,1-2H2,3H3;1-2H,(H,5,6)(H,7,8)/b;2-1-. The predicted octanol–water partition coefficient (Wildman–Crippen LogP) is 1.46. The summed E-state index contributed by atoms with van der Waals surface area (Å²) >= 11 is 0. The van der Waals surface area contributed by atoms with Gasteiger partial charge in [0.1, 0.15) is 0 Å². The van der Waals surface area contributed by atoms with Gasteiger partial charge in [0.05, 0.1) is 0 Å². The van der Waals surface area contributed by atoms with Gasteiger partial charge in [0.15, 0.2) is 0 Å². The van der Waals surface area contributed by atoms with E-state index in [2.05, 4.69) is 13.2 Å². The van der Waals surface area contributed by atoms with Crippen LogP contribution < -0.4 is 0 Å². The second kappa shape index (κ2) is 8.26. The minimum atomic E-state index is -1.26. The molecule has 0 unspecified atom stereocenters. The Morgan fingerprint density at radius 1 is 1.15 bits per heavy atom. The molecule has 0 aliphatic carbocycles. The molecule has 0 saturated heterocycles. The van der Waals surface area contributed by atoms with E-state index in [4.69, 9.17) is 10.2 Å². The molecular weight excluding hydrogens is 172 g/mol. The van der Waals surface area contributed by atoms with Crippen LogP contribution in [0.25, 0.3) is 0 Å². The third kappa shape index (κ3) is 25.4. The molecule has 0 aromatic heterocycles. The summed E-state index contributed by atoms with van der Waals surface area (Å²) in [6.07, 6.45) is 2.84. The van der Waals surface area contributed by atoms with Gasteiger partial charge in [-0.1, -0.05) is 24.8 Å². The third-order valence-electron chi connectivity index (χ3n) is 0.717. The first kappa shape index (κ1) is 13.7. The lowest BCUT2D eigenvalue weighted by Crippen LogP contribution is -1.91. The van der Waals surface area contributed by atoms with E-state index >= 15 is 0 Å². The van der Waals surface area contributed by atoms with Gasteiger partial charge in [-0.2, -0.15) is 0 Å². The number of hydrogen-bond donors (Lipinski definition) is 2. The SMILES string of the molecule is C=CC(=C)C.O=C(O)/C=C\C(=O)O. The van der Waals surface area contributed by atoms with Crippen LogP contribution in [-0.4, -0.2) is 22.2 Å². The Kier molecular flexibility index (Phi) is 8.72. The lowest BCUT2D eigenvalue weighted by atomic mass is 10.4. The van der Waals surface area contributed by atoms with Crippen LogP contribution in [0.3, 0.4) is 0 Å². The normalized spacial score (nSPS) is 8.38. The number of carboxylic acid groups (broad SMARTS) is 2. The van der Waals surface area contributed by atoms with E-state index in [1.54, 1.807) is 6.08 Å². The van der Waals surface area contributed by atoms with Crippen molar-refractivity contribution < 1.29 is 19.8 Å². The molecule has 0 aromatic carbocycles. The fourth-order valence-corrected chi connectivity index (χ4v) is 0.143. The summed E-state index contributed by atoms with van der Waals surface area (Å²) in [6, 6.07) is 0. The first-order valence-corrected chi connectivity index (χ1v) is 3.32. The van der Waals surface area contributed by atoms with Gasteiger partial charge in [-0.25, -0.2) is 9.59 Å². The van der Waals surface area contributed by atoms with Crippen molar-refractivity contribution in [3.8, 4) is 0 Å². The van der Waals surface area contributed by atoms with Gasteiger partial charge in [-0.05, 0) is 6.92 Å². The van der Waals surface area contributed by atoms with E-state index in [-0.39, 0.29) is 0 Å². The zero-order valence-electron chi connectivity index (χ0n) is 7.36. The molecule has 0 amide bonds. The predicted molar refractivity (Wildman–Crippen MR) is 49.4 cm³/mol. The number of rotatable bonds is 3. The van der Waals surface area contributed by atoms with Crippen LogP contribution in [0.5, 0.6) is 0 Å². The maximum Gasteiger partial charge on any atom is 0.328 e. The van der Waals surface area contributed by atoms with E-state index < -0.39 is 11.9 Å². The van der Waals surface area contributed by atoms with E-state index in [0.717, 1.165) is 5.57 Å². The summed E-state index contributed by atoms with van der Waals surface area (Å²) in [5.41, 5.74) is 1.02. The minimum Gasteiger partial charge on any atom is -0.478 e. The molecule has 4 heteroatoms. The Balaban J connectivity index is 0. The molecular formula is C9H12O4. The van der Waals surface area contributed by atoms with Gasteiger partial charge < -0.3 is 10.2 Å². The highest BCUT2D eigenvalue weighted by Crippen LogP contribution is 1.81. The third-order valence-corrected chi connectivity index (χ3v) is 0.717. The Morgan fingerprint density at radius 3 is 1.46 bits per heavy atom.